The number of ether oxygens (including phenoxy) is 1. The molecule has 0 unspecified atom stereocenters. The molecule has 0 aliphatic carbocycles. The Morgan fingerprint density at radius 1 is 1.27 bits per heavy atom. The zero-order valence-electron chi connectivity index (χ0n) is 10.1. The van der Waals surface area contributed by atoms with Crippen LogP contribution in [-0.4, -0.2) is 31.8 Å². The number of rotatable bonds is 8. The summed E-state index contributed by atoms with van der Waals surface area (Å²) in [5.41, 5.74) is 0. The van der Waals surface area contributed by atoms with Gasteiger partial charge in [-0.3, -0.25) is 0 Å². The summed E-state index contributed by atoms with van der Waals surface area (Å²) in [7, 11) is 0. The van der Waals surface area contributed by atoms with Gasteiger partial charge in [-0.05, 0) is 26.7 Å². The second-order valence-corrected chi connectivity index (χ2v) is 3.87. The molecule has 4 heteroatoms. The van der Waals surface area contributed by atoms with Crippen LogP contribution in [0.2, 0.25) is 0 Å². The van der Waals surface area contributed by atoms with Crippen molar-refractivity contribution < 1.29 is 9.53 Å². The molecule has 0 fully saturated rings. The van der Waals surface area contributed by atoms with Crippen molar-refractivity contribution in [2.75, 3.05) is 19.8 Å². The molecule has 0 aromatic heterocycles. The Bertz CT molecular complexity index is 161. The Balaban J connectivity index is 3.13. The van der Waals surface area contributed by atoms with E-state index in [1.54, 1.807) is 0 Å². The van der Waals surface area contributed by atoms with Gasteiger partial charge in [-0.25, -0.2) is 4.79 Å². The molecular weight excluding hydrogens is 192 g/mol. The van der Waals surface area contributed by atoms with Crippen LogP contribution in [0.3, 0.4) is 0 Å². The quantitative estimate of drug-likeness (QED) is 0.609. The van der Waals surface area contributed by atoms with Gasteiger partial charge in [0.1, 0.15) is 0 Å². The van der Waals surface area contributed by atoms with E-state index in [1.807, 2.05) is 13.8 Å². The highest BCUT2D eigenvalue weighted by Gasteiger charge is 2.00. The number of hydrogen-bond donors (Lipinski definition) is 2. The van der Waals surface area contributed by atoms with Gasteiger partial charge in [0.15, 0.2) is 0 Å². The van der Waals surface area contributed by atoms with Crippen molar-refractivity contribution in [2.45, 2.75) is 46.1 Å². The Morgan fingerprint density at radius 3 is 2.53 bits per heavy atom. The van der Waals surface area contributed by atoms with Gasteiger partial charge in [0.2, 0.25) is 0 Å². The second kappa shape index (κ2) is 9.77. The van der Waals surface area contributed by atoms with E-state index in [-0.39, 0.29) is 12.1 Å². The van der Waals surface area contributed by atoms with Gasteiger partial charge in [-0.2, -0.15) is 0 Å². The molecule has 0 saturated heterocycles. The molecule has 0 radical (unpaired) electrons. The summed E-state index contributed by atoms with van der Waals surface area (Å²) in [6, 6.07) is 0.0874. The van der Waals surface area contributed by atoms with E-state index in [4.69, 9.17) is 4.74 Å². The Hall–Kier alpha value is -0.770. The topological polar surface area (TPSA) is 50.4 Å². The maximum absolute atomic E-state index is 11.1. The van der Waals surface area contributed by atoms with E-state index < -0.39 is 0 Å². The molecule has 0 aliphatic heterocycles. The summed E-state index contributed by atoms with van der Waals surface area (Å²) < 4.78 is 5.37. The minimum atomic E-state index is -0.0986. The van der Waals surface area contributed by atoms with Crippen LogP contribution in [0, 0.1) is 0 Å². The molecule has 0 aliphatic rings. The first-order valence-corrected chi connectivity index (χ1v) is 5.79. The molecule has 2 N–H and O–H groups in total. The van der Waals surface area contributed by atoms with Crippen molar-refractivity contribution >= 4 is 6.03 Å². The predicted octanol–water partition coefficient (Wildman–Crippen LogP) is 1.90. The van der Waals surface area contributed by atoms with Crippen molar-refractivity contribution in [1.82, 2.24) is 10.6 Å². The summed E-state index contributed by atoms with van der Waals surface area (Å²) in [5, 5.41) is 5.54. The summed E-state index contributed by atoms with van der Waals surface area (Å²) in [5.74, 6) is 0. The number of amides is 2. The molecular formula is C11H24N2O2. The monoisotopic (exact) mass is 216 g/mol. The SMILES string of the molecule is CCCCOCCCNC(=O)NC(C)C. The summed E-state index contributed by atoms with van der Waals surface area (Å²) in [6.07, 6.45) is 3.14. The zero-order valence-corrected chi connectivity index (χ0v) is 10.1. The van der Waals surface area contributed by atoms with Crippen LogP contribution >= 0.6 is 0 Å². The van der Waals surface area contributed by atoms with E-state index in [0.717, 1.165) is 32.5 Å². The van der Waals surface area contributed by atoms with Crippen LogP contribution in [0.25, 0.3) is 0 Å². The fourth-order valence-electron chi connectivity index (χ4n) is 1.04. The lowest BCUT2D eigenvalue weighted by atomic mass is 10.4. The van der Waals surface area contributed by atoms with Gasteiger partial charge in [0.25, 0.3) is 0 Å². The van der Waals surface area contributed by atoms with Gasteiger partial charge < -0.3 is 15.4 Å². The van der Waals surface area contributed by atoms with Crippen molar-refractivity contribution in [3.8, 4) is 0 Å². The zero-order chi connectivity index (χ0) is 11.5. The first-order chi connectivity index (χ1) is 7.16. The van der Waals surface area contributed by atoms with Gasteiger partial charge in [-0.1, -0.05) is 13.3 Å². The molecule has 0 aromatic rings. The Labute approximate surface area is 92.8 Å². The van der Waals surface area contributed by atoms with E-state index in [9.17, 15) is 4.79 Å². The van der Waals surface area contributed by atoms with Crippen molar-refractivity contribution in [3.05, 3.63) is 0 Å². The van der Waals surface area contributed by atoms with Crippen LogP contribution in [0.15, 0.2) is 0 Å². The lowest BCUT2D eigenvalue weighted by molar-refractivity contribution is 0.129. The third-order valence-electron chi connectivity index (χ3n) is 1.81. The number of unbranched alkanes of at least 4 members (excludes halogenated alkanes) is 1. The Morgan fingerprint density at radius 2 is 1.93 bits per heavy atom. The molecule has 0 rings (SSSR count). The van der Waals surface area contributed by atoms with Crippen molar-refractivity contribution in [3.63, 3.8) is 0 Å². The Kier molecular flexibility index (Phi) is 9.27. The average Bonchev–Trinajstić information content (AvgIpc) is 2.15. The fourth-order valence-corrected chi connectivity index (χ4v) is 1.04. The van der Waals surface area contributed by atoms with Gasteiger partial charge in [-0.15, -0.1) is 0 Å². The van der Waals surface area contributed by atoms with E-state index in [0.29, 0.717) is 6.54 Å². The van der Waals surface area contributed by atoms with E-state index >= 15 is 0 Å². The van der Waals surface area contributed by atoms with Crippen LogP contribution in [-0.2, 0) is 4.74 Å². The fraction of sp³-hybridized carbons (Fsp3) is 0.909. The van der Waals surface area contributed by atoms with Crippen molar-refractivity contribution in [2.24, 2.45) is 0 Å². The molecule has 0 atom stereocenters. The van der Waals surface area contributed by atoms with Gasteiger partial charge in [0.05, 0.1) is 0 Å². The van der Waals surface area contributed by atoms with Crippen LogP contribution in [0.1, 0.15) is 40.0 Å². The van der Waals surface area contributed by atoms with Crippen LogP contribution < -0.4 is 10.6 Å². The number of carbonyl (C=O) groups excluding carboxylic acids is 1. The highest BCUT2D eigenvalue weighted by Crippen LogP contribution is 1.89. The standard InChI is InChI=1S/C11H24N2O2/c1-4-5-8-15-9-6-7-12-11(14)13-10(2)3/h10H,4-9H2,1-3H3,(H2,12,13,14). The normalized spacial score (nSPS) is 10.4. The first kappa shape index (κ1) is 14.2. The lowest BCUT2D eigenvalue weighted by Crippen LogP contribution is -2.40. The third kappa shape index (κ3) is 11.2. The second-order valence-electron chi connectivity index (χ2n) is 3.87. The van der Waals surface area contributed by atoms with Crippen LogP contribution in [0.5, 0.6) is 0 Å². The van der Waals surface area contributed by atoms with E-state index in [2.05, 4.69) is 17.6 Å². The third-order valence-corrected chi connectivity index (χ3v) is 1.81. The number of carbonyl (C=O) groups is 1. The number of urea groups is 1. The first-order valence-electron chi connectivity index (χ1n) is 5.79. The predicted molar refractivity (Wildman–Crippen MR) is 62.0 cm³/mol. The molecule has 15 heavy (non-hydrogen) atoms. The molecule has 0 bridgehead atoms. The highest BCUT2D eigenvalue weighted by atomic mass is 16.5. The molecule has 0 saturated carbocycles. The maximum atomic E-state index is 11.1. The summed E-state index contributed by atoms with van der Waals surface area (Å²) in [4.78, 5) is 11.1. The molecule has 0 heterocycles. The molecule has 0 aromatic carbocycles. The number of nitrogens with one attached hydrogen (secondary N) is 2. The van der Waals surface area contributed by atoms with E-state index in [1.165, 1.54) is 0 Å². The van der Waals surface area contributed by atoms with Crippen molar-refractivity contribution in [1.29, 1.82) is 0 Å². The van der Waals surface area contributed by atoms with Gasteiger partial charge in [0, 0.05) is 25.8 Å². The minimum Gasteiger partial charge on any atom is -0.381 e. The smallest absolute Gasteiger partial charge is 0.314 e. The summed E-state index contributed by atoms with van der Waals surface area (Å²) >= 11 is 0. The highest BCUT2D eigenvalue weighted by molar-refractivity contribution is 5.73. The molecule has 4 nitrogen and oxygen atoms in total. The molecule has 90 valence electrons. The molecule has 2 amide bonds. The number of hydrogen-bond acceptors (Lipinski definition) is 2. The molecule has 0 spiro atoms. The summed E-state index contributed by atoms with van der Waals surface area (Å²) in [6.45, 7) is 8.24. The maximum Gasteiger partial charge on any atom is 0.314 e. The largest absolute Gasteiger partial charge is 0.381 e. The average molecular weight is 216 g/mol. The minimum absolute atomic E-state index is 0.0986. The lowest BCUT2D eigenvalue weighted by Gasteiger charge is -2.09. The van der Waals surface area contributed by atoms with Crippen LogP contribution in [0.4, 0.5) is 4.79 Å². The van der Waals surface area contributed by atoms with Gasteiger partial charge >= 0.3 is 6.03 Å².